The van der Waals surface area contributed by atoms with Crippen LogP contribution >= 0.6 is 23.2 Å². The fourth-order valence-electron chi connectivity index (χ4n) is 1.35. The second-order valence-corrected chi connectivity index (χ2v) is 4.17. The molecule has 2 rings (SSSR count). The van der Waals surface area contributed by atoms with Crippen LogP contribution in [0.5, 0.6) is 0 Å². The van der Waals surface area contributed by atoms with Crippen LogP contribution in [0.4, 0.5) is 9.50 Å². The van der Waals surface area contributed by atoms with Crippen molar-refractivity contribution in [1.82, 2.24) is 0 Å². The molecule has 0 heterocycles. The van der Waals surface area contributed by atoms with E-state index in [-0.39, 0.29) is 10.5 Å². The van der Waals surface area contributed by atoms with E-state index in [4.69, 9.17) is 4.79 Å². The van der Waals surface area contributed by atoms with Gasteiger partial charge in [-0.2, -0.15) is 0 Å². The van der Waals surface area contributed by atoms with Crippen LogP contribution < -0.4 is 0 Å². The van der Waals surface area contributed by atoms with E-state index >= 15 is 0 Å². The van der Waals surface area contributed by atoms with Crippen LogP contribution in [0.15, 0.2) is 60.7 Å². The minimum atomic E-state index is -0.889. The van der Waals surface area contributed by atoms with Crippen LogP contribution in [-0.2, 0) is 0 Å². The number of hydrogen-bond acceptors (Lipinski definition) is 2. The zero-order chi connectivity index (χ0) is 13.4. The molecular weight excluding hydrogens is 290 g/mol. The zero-order valence-corrected chi connectivity index (χ0v) is 11.3. The molecule has 2 nitrogen and oxygen atoms in total. The first-order valence-corrected chi connectivity index (χ1v) is 5.86. The minimum Gasteiger partial charge on any atom is -0.289 e. The van der Waals surface area contributed by atoms with Crippen molar-refractivity contribution in [2.45, 2.75) is 0 Å². The molecule has 100 valence electrons. The Morgan fingerprint density at radius 1 is 0.684 bits per heavy atom. The van der Waals surface area contributed by atoms with Crippen molar-refractivity contribution in [3.05, 3.63) is 71.8 Å². The molecule has 2 aromatic rings. The molecule has 0 saturated heterocycles. The van der Waals surface area contributed by atoms with Gasteiger partial charge in [-0.05, 0) is 23.2 Å². The molecule has 0 fully saturated rings. The third-order valence-electron chi connectivity index (χ3n) is 2.07. The summed E-state index contributed by atoms with van der Waals surface area (Å²) in [5, 5.41) is 0. The fraction of sp³-hybridized carbons (Fsp3) is 0. The van der Waals surface area contributed by atoms with Crippen molar-refractivity contribution >= 4 is 33.7 Å². The van der Waals surface area contributed by atoms with Crippen molar-refractivity contribution in [3.8, 4) is 0 Å². The van der Waals surface area contributed by atoms with E-state index in [2.05, 4.69) is 23.2 Å². The van der Waals surface area contributed by atoms with Gasteiger partial charge in [0.25, 0.3) is 0 Å². The van der Waals surface area contributed by atoms with Crippen LogP contribution in [0.3, 0.4) is 0 Å². The van der Waals surface area contributed by atoms with E-state index < -0.39 is 4.70 Å². The molecule has 0 radical (unpaired) electrons. The zero-order valence-electron chi connectivity index (χ0n) is 9.75. The minimum absolute atomic E-state index is 0. The highest BCUT2D eigenvalue weighted by molar-refractivity contribution is 6.93. The number of rotatable bonds is 2. The smallest absolute Gasteiger partial charge is 0.289 e. The van der Waals surface area contributed by atoms with Gasteiger partial charge in [-0.3, -0.25) is 14.3 Å². The van der Waals surface area contributed by atoms with Gasteiger partial charge in [0, 0.05) is 11.1 Å². The summed E-state index contributed by atoms with van der Waals surface area (Å²) < 4.78 is -0.889. The highest BCUT2D eigenvalue weighted by atomic mass is 35.5. The molecule has 0 unspecified atom stereocenters. The maximum atomic E-state index is 11.8. The fourth-order valence-corrected chi connectivity index (χ4v) is 1.35. The van der Waals surface area contributed by atoms with Gasteiger partial charge < -0.3 is 0 Å². The Morgan fingerprint density at radius 2 is 0.947 bits per heavy atom. The molecule has 0 atom stereocenters. The number of carbonyl (C=O) groups excluding carboxylic acids is 2. The maximum absolute atomic E-state index is 11.8. The van der Waals surface area contributed by atoms with Crippen molar-refractivity contribution in [3.63, 3.8) is 0 Å². The number of halogens is 3. The summed E-state index contributed by atoms with van der Waals surface area (Å²) in [5.41, 5.74) is 1.47. The van der Waals surface area contributed by atoms with E-state index in [1.165, 1.54) is 0 Å². The highest BCUT2D eigenvalue weighted by Crippen LogP contribution is 2.08. The lowest BCUT2D eigenvalue weighted by molar-refractivity contribution is 0.103. The predicted molar refractivity (Wildman–Crippen MR) is 75.9 cm³/mol. The van der Waals surface area contributed by atoms with E-state index in [1.807, 2.05) is 60.7 Å². The van der Waals surface area contributed by atoms with E-state index in [9.17, 15) is 4.79 Å². The molecule has 5 heteroatoms. The Morgan fingerprint density at radius 3 is 1.21 bits per heavy atom. The number of carbonyl (C=O) groups is 2. The molecule has 19 heavy (non-hydrogen) atoms. The summed E-state index contributed by atoms with van der Waals surface area (Å²) in [5.74, 6) is 0.0752. The molecule has 0 aliphatic heterocycles. The molecule has 0 bridgehead atoms. The first kappa shape index (κ1) is 17.3. The van der Waals surface area contributed by atoms with Crippen molar-refractivity contribution in [2.75, 3.05) is 0 Å². The molecule has 0 aromatic heterocycles. The molecular formula is C14H11Cl2FO2. The highest BCUT2D eigenvalue weighted by Gasteiger charge is 2.06. The lowest BCUT2D eigenvalue weighted by atomic mass is 10.0. The second kappa shape index (κ2) is 9.25. The Bertz CT molecular complexity index is 470. The molecule has 2 aromatic carbocycles. The van der Waals surface area contributed by atoms with Crippen LogP contribution in [-0.4, -0.2) is 10.5 Å². The topological polar surface area (TPSA) is 34.1 Å². The Hall–Kier alpha value is -1.71. The normalized spacial score (nSPS) is 8.53. The first-order valence-electron chi connectivity index (χ1n) is 5.11. The monoisotopic (exact) mass is 300 g/mol. The average molecular weight is 301 g/mol. The van der Waals surface area contributed by atoms with Gasteiger partial charge in [0.1, 0.15) is 0 Å². The molecule has 0 amide bonds. The summed E-state index contributed by atoms with van der Waals surface area (Å²) in [6.45, 7) is 0. The molecule has 0 saturated carbocycles. The van der Waals surface area contributed by atoms with Gasteiger partial charge in [-0.1, -0.05) is 60.7 Å². The lowest BCUT2D eigenvalue weighted by Gasteiger charge is -1.99. The summed E-state index contributed by atoms with van der Waals surface area (Å²) >= 11 is 8.80. The van der Waals surface area contributed by atoms with Crippen LogP contribution in [0, 0.1) is 0 Å². The Labute approximate surface area is 120 Å². The van der Waals surface area contributed by atoms with Gasteiger partial charge in [0.05, 0.1) is 0 Å². The largest absolute Gasteiger partial charge is 0.313 e. The van der Waals surface area contributed by atoms with Gasteiger partial charge >= 0.3 is 4.70 Å². The lowest BCUT2D eigenvalue weighted by Crippen LogP contribution is -1.99. The first-order chi connectivity index (χ1) is 8.61. The summed E-state index contributed by atoms with van der Waals surface area (Å²) in [6.07, 6.45) is 0. The Balaban J connectivity index is 0.000000576. The van der Waals surface area contributed by atoms with Gasteiger partial charge in [-0.25, -0.2) is 0 Å². The quantitative estimate of drug-likeness (QED) is 0.597. The Kier molecular flexibility index (Phi) is 8.42. The van der Waals surface area contributed by atoms with Crippen molar-refractivity contribution < 1.29 is 14.3 Å². The second-order valence-electron chi connectivity index (χ2n) is 3.29. The van der Waals surface area contributed by atoms with Gasteiger partial charge in [0.2, 0.25) is 0 Å². The number of ketones is 1. The SMILES string of the molecule is F.O=C(Cl)Cl.O=C(c1ccccc1)c1ccccc1. The van der Waals surface area contributed by atoms with Crippen LogP contribution in [0.1, 0.15) is 15.9 Å². The maximum Gasteiger partial charge on any atom is 0.313 e. The predicted octanol–water partition coefficient (Wildman–Crippen LogP) is 4.65. The van der Waals surface area contributed by atoms with Gasteiger partial charge in [-0.15, -0.1) is 0 Å². The molecule has 0 spiro atoms. The third-order valence-corrected chi connectivity index (χ3v) is 2.07. The summed E-state index contributed by atoms with van der Waals surface area (Å²) in [6, 6.07) is 18.6. The van der Waals surface area contributed by atoms with E-state index in [0.29, 0.717) is 0 Å². The number of hydrogen-bond donors (Lipinski definition) is 0. The standard InChI is InChI=1S/C13H10O.CCl2O.FH/c14-13(11-7-3-1-4-8-11)12-9-5-2-6-10-12;2-1(3)4;/h1-10H;;1H. The van der Waals surface area contributed by atoms with Crippen LogP contribution in [0.2, 0.25) is 0 Å². The molecule has 0 aliphatic rings. The van der Waals surface area contributed by atoms with Crippen molar-refractivity contribution in [2.24, 2.45) is 0 Å². The summed E-state index contributed by atoms with van der Waals surface area (Å²) in [7, 11) is 0. The number of benzene rings is 2. The molecule has 0 aliphatic carbocycles. The van der Waals surface area contributed by atoms with E-state index in [1.54, 1.807) is 0 Å². The van der Waals surface area contributed by atoms with Gasteiger partial charge in [0.15, 0.2) is 5.78 Å². The van der Waals surface area contributed by atoms with E-state index in [0.717, 1.165) is 11.1 Å². The summed E-state index contributed by atoms with van der Waals surface area (Å²) in [4.78, 5) is 20.8. The average Bonchev–Trinajstić information content (AvgIpc) is 2.39. The van der Waals surface area contributed by atoms with Crippen molar-refractivity contribution in [1.29, 1.82) is 0 Å². The third kappa shape index (κ3) is 6.70. The van der Waals surface area contributed by atoms with Crippen LogP contribution in [0.25, 0.3) is 0 Å². The molecule has 0 N–H and O–H groups in total.